The standard InChI is InChI=1S/C31H33FN4O7S/c1-20-15-22(21(2)36(20)26-10-8-7-9-25(26)32)18-33-34-31(37)19-35(27-16-23(40-3)11-13-28(27)41-4)44(38,39)24-12-14-29(42-5)30(17-24)43-6/h7-18H,19H2,1-6H3,(H,34,37)/b33-18-. The van der Waals surface area contributed by atoms with Crippen LogP contribution in [0.5, 0.6) is 23.0 Å². The Morgan fingerprint density at radius 2 is 1.59 bits per heavy atom. The average Bonchev–Trinajstić information content (AvgIpc) is 3.31. The van der Waals surface area contributed by atoms with Gasteiger partial charge in [-0.15, -0.1) is 0 Å². The third kappa shape index (κ3) is 6.47. The molecule has 0 atom stereocenters. The fourth-order valence-electron chi connectivity index (χ4n) is 4.66. The number of methoxy groups -OCH3 is 4. The van der Waals surface area contributed by atoms with Gasteiger partial charge in [0, 0.05) is 29.1 Å². The van der Waals surface area contributed by atoms with Crippen LogP contribution in [-0.4, -0.2) is 60.1 Å². The minimum Gasteiger partial charge on any atom is -0.497 e. The smallest absolute Gasteiger partial charge is 0.265 e. The third-order valence-electron chi connectivity index (χ3n) is 6.84. The second kappa shape index (κ2) is 13.5. The van der Waals surface area contributed by atoms with Crippen LogP contribution in [0, 0.1) is 19.7 Å². The number of para-hydroxylation sites is 1. The number of aromatic nitrogens is 1. The molecule has 232 valence electrons. The van der Waals surface area contributed by atoms with Crippen LogP contribution >= 0.6 is 0 Å². The molecule has 1 amide bonds. The van der Waals surface area contributed by atoms with E-state index in [4.69, 9.17) is 18.9 Å². The van der Waals surface area contributed by atoms with Crippen LogP contribution in [0.1, 0.15) is 17.0 Å². The Kier molecular flexibility index (Phi) is 9.79. The van der Waals surface area contributed by atoms with Gasteiger partial charge in [0.1, 0.15) is 23.9 Å². The Morgan fingerprint density at radius 1 is 0.909 bits per heavy atom. The molecule has 0 aliphatic rings. The van der Waals surface area contributed by atoms with Gasteiger partial charge in [-0.25, -0.2) is 18.2 Å². The maximum atomic E-state index is 14.5. The Hall–Kier alpha value is -5.04. The molecule has 0 unspecified atom stereocenters. The number of amides is 1. The minimum absolute atomic E-state index is 0.0641. The normalized spacial score (nSPS) is 11.3. The first-order valence-electron chi connectivity index (χ1n) is 13.3. The van der Waals surface area contributed by atoms with E-state index in [0.717, 1.165) is 10.00 Å². The highest BCUT2D eigenvalue weighted by Crippen LogP contribution is 2.37. The fraction of sp³-hybridized carbons (Fsp3) is 0.226. The van der Waals surface area contributed by atoms with E-state index in [9.17, 15) is 17.6 Å². The van der Waals surface area contributed by atoms with Gasteiger partial charge in [-0.2, -0.15) is 5.10 Å². The molecule has 0 aliphatic carbocycles. The van der Waals surface area contributed by atoms with E-state index in [1.54, 1.807) is 41.8 Å². The summed E-state index contributed by atoms with van der Waals surface area (Å²) in [6, 6.07) is 16.9. The number of hydrazone groups is 1. The number of aryl methyl sites for hydroxylation is 1. The Labute approximate surface area is 255 Å². The van der Waals surface area contributed by atoms with Crippen molar-refractivity contribution in [2.75, 3.05) is 39.3 Å². The quantitative estimate of drug-likeness (QED) is 0.181. The largest absolute Gasteiger partial charge is 0.497 e. The zero-order valence-electron chi connectivity index (χ0n) is 25.1. The molecule has 0 spiro atoms. The monoisotopic (exact) mass is 624 g/mol. The number of rotatable bonds is 12. The molecular formula is C31H33FN4O7S. The third-order valence-corrected chi connectivity index (χ3v) is 8.60. The maximum absolute atomic E-state index is 14.5. The number of hydrogen-bond donors (Lipinski definition) is 1. The van der Waals surface area contributed by atoms with Crippen molar-refractivity contribution >= 4 is 27.8 Å². The van der Waals surface area contributed by atoms with Crippen molar-refractivity contribution < 1.29 is 36.6 Å². The highest BCUT2D eigenvalue weighted by Gasteiger charge is 2.31. The lowest BCUT2D eigenvalue weighted by Crippen LogP contribution is -2.39. The van der Waals surface area contributed by atoms with E-state index in [1.165, 1.54) is 71.1 Å². The summed E-state index contributed by atoms with van der Waals surface area (Å²) in [5, 5.41) is 4.06. The summed E-state index contributed by atoms with van der Waals surface area (Å²) < 4.78 is 66.4. The zero-order valence-corrected chi connectivity index (χ0v) is 25.9. The van der Waals surface area contributed by atoms with E-state index >= 15 is 0 Å². The molecule has 4 aromatic rings. The fourth-order valence-corrected chi connectivity index (χ4v) is 6.10. The molecule has 0 saturated carbocycles. The van der Waals surface area contributed by atoms with E-state index in [0.29, 0.717) is 28.4 Å². The van der Waals surface area contributed by atoms with E-state index < -0.39 is 22.5 Å². The van der Waals surface area contributed by atoms with E-state index in [2.05, 4.69) is 10.5 Å². The first-order valence-corrected chi connectivity index (χ1v) is 14.7. The van der Waals surface area contributed by atoms with Crippen molar-refractivity contribution in [3.05, 3.63) is 89.5 Å². The van der Waals surface area contributed by atoms with Gasteiger partial charge in [-0.05, 0) is 56.3 Å². The number of anilines is 1. The summed E-state index contributed by atoms with van der Waals surface area (Å²) in [5.74, 6) is -0.0665. The van der Waals surface area contributed by atoms with Crippen LogP contribution in [0.2, 0.25) is 0 Å². The first-order chi connectivity index (χ1) is 21.0. The molecule has 13 heteroatoms. The van der Waals surface area contributed by atoms with Gasteiger partial charge in [0.2, 0.25) is 0 Å². The molecular weight excluding hydrogens is 591 g/mol. The number of hydrogen-bond acceptors (Lipinski definition) is 8. The predicted octanol–water partition coefficient (Wildman–Crippen LogP) is 4.61. The lowest BCUT2D eigenvalue weighted by atomic mass is 10.2. The van der Waals surface area contributed by atoms with Crippen LogP contribution in [0.3, 0.4) is 0 Å². The summed E-state index contributed by atoms with van der Waals surface area (Å²) in [4.78, 5) is 13.0. The number of sulfonamides is 1. The van der Waals surface area contributed by atoms with Crippen LogP contribution < -0.4 is 28.7 Å². The molecule has 1 aromatic heterocycles. The second-order valence-corrected chi connectivity index (χ2v) is 11.3. The molecule has 0 aliphatic heterocycles. The second-order valence-electron chi connectivity index (χ2n) is 9.47. The predicted molar refractivity (Wildman–Crippen MR) is 165 cm³/mol. The van der Waals surface area contributed by atoms with Gasteiger partial charge in [-0.1, -0.05) is 12.1 Å². The van der Waals surface area contributed by atoms with Crippen molar-refractivity contribution in [1.82, 2.24) is 9.99 Å². The first kappa shape index (κ1) is 31.9. The van der Waals surface area contributed by atoms with Crippen molar-refractivity contribution in [2.45, 2.75) is 18.7 Å². The summed E-state index contributed by atoms with van der Waals surface area (Å²) in [5.41, 5.74) is 4.94. The molecule has 1 N–H and O–H groups in total. The molecule has 1 heterocycles. The SMILES string of the molecule is COc1ccc(OC)c(N(CC(=O)N/N=C\c2cc(C)n(-c3ccccc3F)c2C)S(=O)(=O)c2ccc(OC)c(OC)c2)c1. The number of nitrogens with one attached hydrogen (secondary N) is 1. The topological polar surface area (TPSA) is 121 Å². The number of ether oxygens (including phenoxy) is 4. The van der Waals surface area contributed by atoms with Gasteiger partial charge in [-0.3, -0.25) is 9.10 Å². The van der Waals surface area contributed by atoms with Gasteiger partial charge < -0.3 is 23.5 Å². The number of benzene rings is 3. The van der Waals surface area contributed by atoms with E-state index in [1.807, 2.05) is 6.92 Å². The summed E-state index contributed by atoms with van der Waals surface area (Å²) >= 11 is 0. The van der Waals surface area contributed by atoms with E-state index in [-0.39, 0.29) is 27.9 Å². The molecule has 0 fully saturated rings. The molecule has 4 rings (SSSR count). The lowest BCUT2D eigenvalue weighted by Gasteiger charge is -2.26. The highest BCUT2D eigenvalue weighted by atomic mass is 32.2. The summed E-state index contributed by atoms with van der Waals surface area (Å²) in [7, 11) is 1.26. The molecule has 0 bridgehead atoms. The van der Waals surface area contributed by atoms with Gasteiger partial charge in [0.05, 0.1) is 50.9 Å². The van der Waals surface area contributed by atoms with Crippen LogP contribution in [0.15, 0.2) is 76.7 Å². The highest BCUT2D eigenvalue weighted by molar-refractivity contribution is 7.92. The molecule has 0 radical (unpaired) electrons. The maximum Gasteiger partial charge on any atom is 0.265 e. The van der Waals surface area contributed by atoms with Crippen molar-refractivity contribution in [2.24, 2.45) is 5.10 Å². The molecule has 11 nitrogen and oxygen atoms in total. The average molecular weight is 625 g/mol. The number of nitrogens with zero attached hydrogens (tertiary/aromatic N) is 3. The van der Waals surface area contributed by atoms with Gasteiger partial charge in [0.15, 0.2) is 11.5 Å². The van der Waals surface area contributed by atoms with Crippen molar-refractivity contribution in [1.29, 1.82) is 0 Å². The Balaban J connectivity index is 1.66. The molecule has 44 heavy (non-hydrogen) atoms. The van der Waals surface area contributed by atoms with Crippen LogP contribution in [0.25, 0.3) is 5.69 Å². The number of halogens is 1. The number of carbonyl (C=O) groups is 1. The Morgan fingerprint density at radius 3 is 2.25 bits per heavy atom. The summed E-state index contributed by atoms with van der Waals surface area (Å²) in [6.07, 6.45) is 1.41. The van der Waals surface area contributed by atoms with Gasteiger partial charge >= 0.3 is 0 Å². The van der Waals surface area contributed by atoms with Crippen molar-refractivity contribution in [3.8, 4) is 28.7 Å². The number of carbonyl (C=O) groups excluding carboxylic acids is 1. The zero-order chi connectivity index (χ0) is 32.0. The van der Waals surface area contributed by atoms with Gasteiger partial charge in [0.25, 0.3) is 15.9 Å². The van der Waals surface area contributed by atoms with Crippen LogP contribution in [0.4, 0.5) is 10.1 Å². The summed E-state index contributed by atoms with van der Waals surface area (Å²) in [6.45, 7) is 2.97. The van der Waals surface area contributed by atoms with Crippen molar-refractivity contribution in [3.63, 3.8) is 0 Å². The Bertz CT molecular complexity index is 1800. The molecule has 0 saturated heterocycles. The molecule has 3 aromatic carbocycles. The van der Waals surface area contributed by atoms with Crippen LogP contribution in [-0.2, 0) is 14.8 Å². The lowest BCUT2D eigenvalue weighted by molar-refractivity contribution is -0.119. The minimum atomic E-state index is -4.37.